The lowest BCUT2D eigenvalue weighted by molar-refractivity contribution is 1.11. The van der Waals surface area contributed by atoms with Crippen LogP contribution in [0, 0.1) is 0 Å². The first-order valence-electron chi connectivity index (χ1n) is 2.93. The van der Waals surface area contributed by atoms with Gasteiger partial charge in [0.15, 0.2) is 0 Å². The molecular weight excluding hydrogens is 172 g/mol. The maximum Gasteiger partial charge on any atom is 0.0693 e. The van der Waals surface area contributed by atoms with Crippen LogP contribution in [-0.4, -0.2) is 16.1 Å². The molecule has 1 rings (SSSR count). The van der Waals surface area contributed by atoms with Crippen molar-refractivity contribution in [2.45, 2.75) is 11.0 Å². The molecule has 0 aliphatic carbocycles. The standard InChI is InChI=1S/C6H9ClS2/c7-3-2-6-8-4-1-5-9-6/h2-3,6H,1,4-5H2. The zero-order chi connectivity index (χ0) is 6.53. The lowest BCUT2D eigenvalue weighted by Gasteiger charge is -2.16. The van der Waals surface area contributed by atoms with Crippen LogP contribution < -0.4 is 0 Å². The van der Waals surface area contributed by atoms with E-state index < -0.39 is 0 Å². The molecule has 1 heterocycles. The summed E-state index contributed by atoms with van der Waals surface area (Å²) in [6.07, 6.45) is 3.40. The summed E-state index contributed by atoms with van der Waals surface area (Å²) in [5.74, 6) is 2.58. The first-order valence-corrected chi connectivity index (χ1v) is 5.47. The van der Waals surface area contributed by atoms with Gasteiger partial charge in [-0.25, -0.2) is 0 Å². The number of halogens is 1. The number of hydrogen-bond acceptors (Lipinski definition) is 2. The van der Waals surface area contributed by atoms with Crippen molar-refractivity contribution in [1.82, 2.24) is 0 Å². The van der Waals surface area contributed by atoms with Gasteiger partial charge in [0, 0.05) is 5.54 Å². The third kappa shape index (κ3) is 2.87. The molecule has 0 aromatic carbocycles. The van der Waals surface area contributed by atoms with Gasteiger partial charge in [0.1, 0.15) is 0 Å². The highest BCUT2D eigenvalue weighted by Crippen LogP contribution is 2.31. The molecule has 9 heavy (non-hydrogen) atoms. The van der Waals surface area contributed by atoms with Crippen molar-refractivity contribution in [2.75, 3.05) is 11.5 Å². The minimum Gasteiger partial charge on any atom is -0.143 e. The molecule has 0 nitrogen and oxygen atoms in total. The fourth-order valence-corrected chi connectivity index (χ4v) is 3.61. The summed E-state index contributed by atoms with van der Waals surface area (Å²) in [4.78, 5) is 0. The second-order valence-electron chi connectivity index (χ2n) is 1.78. The Balaban J connectivity index is 2.23. The number of rotatable bonds is 1. The van der Waals surface area contributed by atoms with Crippen LogP contribution in [0.2, 0.25) is 0 Å². The minimum atomic E-state index is 0.622. The van der Waals surface area contributed by atoms with Gasteiger partial charge < -0.3 is 0 Å². The van der Waals surface area contributed by atoms with Gasteiger partial charge in [-0.3, -0.25) is 0 Å². The molecule has 52 valence electrons. The Morgan fingerprint density at radius 2 is 2.00 bits per heavy atom. The van der Waals surface area contributed by atoms with Crippen molar-refractivity contribution in [3.63, 3.8) is 0 Å². The lowest BCUT2D eigenvalue weighted by atomic mass is 10.6. The zero-order valence-electron chi connectivity index (χ0n) is 5.05. The Hall–Kier alpha value is 0.730. The largest absolute Gasteiger partial charge is 0.143 e. The summed E-state index contributed by atoms with van der Waals surface area (Å²) in [6, 6.07) is 0. The summed E-state index contributed by atoms with van der Waals surface area (Å²) in [5.41, 5.74) is 1.62. The minimum absolute atomic E-state index is 0.622. The van der Waals surface area contributed by atoms with Gasteiger partial charge in [0.25, 0.3) is 0 Å². The monoisotopic (exact) mass is 180 g/mol. The van der Waals surface area contributed by atoms with Gasteiger partial charge in [0.2, 0.25) is 0 Å². The van der Waals surface area contributed by atoms with E-state index in [4.69, 9.17) is 11.6 Å². The molecule has 0 N–H and O–H groups in total. The molecule has 0 bridgehead atoms. The summed E-state index contributed by atoms with van der Waals surface area (Å²) in [5, 5.41) is 0. The van der Waals surface area contributed by atoms with Gasteiger partial charge in [-0.2, -0.15) is 0 Å². The van der Waals surface area contributed by atoms with Crippen molar-refractivity contribution >= 4 is 35.1 Å². The molecule has 0 amide bonds. The maximum atomic E-state index is 5.43. The normalized spacial score (nSPS) is 23.2. The van der Waals surface area contributed by atoms with Crippen LogP contribution in [0.15, 0.2) is 11.6 Å². The molecule has 0 radical (unpaired) electrons. The fraction of sp³-hybridized carbons (Fsp3) is 0.667. The Morgan fingerprint density at radius 1 is 1.33 bits per heavy atom. The molecule has 0 saturated carbocycles. The highest BCUT2D eigenvalue weighted by molar-refractivity contribution is 8.17. The summed E-state index contributed by atoms with van der Waals surface area (Å²) < 4.78 is 0.622. The highest BCUT2D eigenvalue weighted by atomic mass is 35.5. The average molecular weight is 181 g/mol. The van der Waals surface area contributed by atoms with E-state index in [1.165, 1.54) is 17.9 Å². The van der Waals surface area contributed by atoms with E-state index in [-0.39, 0.29) is 0 Å². The van der Waals surface area contributed by atoms with Crippen molar-refractivity contribution in [3.05, 3.63) is 11.6 Å². The van der Waals surface area contributed by atoms with Crippen molar-refractivity contribution in [1.29, 1.82) is 0 Å². The smallest absolute Gasteiger partial charge is 0.0693 e. The highest BCUT2D eigenvalue weighted by Gasteiger charge is 2.09. The third-order valence-corrected chi connectivity index (χ3v) is 4.06. The van der Waals surface area contributed by atoms with E-state index in [0.717, 1.165) is 0 Å². The third-order valence-electron chi connectivity index (χ3n) is 1.08. The van der Waals surface area contributed by atoms with E-state index >= 15 is 0 Å². The maximum absolute atomic E-state index is 5.43. The molecule has 1 saturated heterocycles. The van der Waals surface area contributed by atoms with E-state index in [9.17, 15) is 0 Å². The van der Waals surface area contributed by atoms with Gasteiger partial charge in [-0.05, 0) is 17.9 Å². The van der Waals surface area contributed by atoms with Crippen LogP contribution in [0.25, 0.3) is 0 Å². The molecule has 0 atom stereocenters. The summed E-state index contributed by atoms with van der Waals surface area (Å²) >= 11 is 9.39. The average Bonchev–Trinajstić information content (AvgIpc) is 1.91. The van der Waals surface area contributed by atoms with Crippen molar-refractivity contribution in [2.24, 2.45) is 0 Å². The SMILES string of the molecule is ClC=CC1SCCCS1. The van der Waals surface area contributed by atoms with E-state index in [0.29, 0.717) is 4.58 Å². The van der Waals surface area contributed by atoms with Gasteiger partial charge in [-0.1, -0.05) is 17.7 Å². The van der Waals surface area contributed by atoms with Gasteiger partial charge in [-0.15, -0.1) is 23.5 Å². The topological polar surface area (TPSA) is 0 Å². The Labute approximate surface area is 69.4 Å². The van der Waals surface area contributed by atoms with Crippen molar-refractivity contribution in [3.8, 4) is 0 Å². The predicted octanol–water partition coefficient (Wildman–Crippen LogP) is 2.94. The van der Waals surface area contributed by atoms with Crippen LogP contribution in [0.5, 0.6) is 0 Å². The van der Waals surface area contributed by atoms with E-state index in [1.54, 1.807) is 5.54 Å². The molecule has 3 heteroatoms. The molecule has 0 spiro atoms. The molecule has 1 aliphatic heterocycles. The van der Waals surface area contributed by atoms with Crippen molar-refractivity contribution < 1.29 is 0 Å². The van der Waals surface area contributed by atoms with Crippen LogP contribution in [0.4, 0.5) is 0 Å². The molecule has 0 aromatic heterocycles. The second-order valence-corrected chi connectivity index (χ2v) is 4.83. The molecular formula is C6H9ClS2. The summed E-state index contributed by atoms with van der Waals surface area (Å²) in [7, 11) is 0. The Morgan fingerprint density at radius 3 is 2.56 bits per heavy atom. The van der Waals surface area contributed by atoms with Gasteiger partial charge in [0.05, 0.1) is 4.58 Å². The zero-order valence-corrected chi connectivity index (χ0v) is 7.44. The van der Waals surface area contributed by atoms with Crippen LogP contribution in [0.1, 0.15) is 6.42 Å². The van der Waals surface area contributed by atoms with Crippen LogP contribution in [-0.2, 0) is 0 Å². The molecule has 1 fully saturated rings. The van der Waals surface area contributed by atoms with E-state index in [2.05, 4.69) is 6.08 Å². The quantitative estimate of drug-likeness (QED) is 0.609. The fourth-order valence-electron chi connectivity index (χ4n) is 0.677. The van der Waals surface area contributed by atoms with Crippen LogP contribution in [0.3, 0.4) is 0 Å². The number of hydrogen-bond donors (Lipinski definition) is 0. The van der Waals surface area contributed by atoms with Crippen LogP contribution >= 0.6 is 35.1 Å². The van der Waals surface area contributed by atoms with E-state index in [1.807, 2.05) is 23.5 Å². The first-order chi connectivity index (χ1) is 4.43. The first kappa shape index (κ1) is 7.83. The number of thioether (sulfide) groups is 2. The molecule has 0 unspecified atom stereocenters. The Kier molecular flexibility index (Phi) is 3.94. The van der Waals surface area contributed by atoms with Gasteiger partial charge >= 0.3 is 0 Å². The Bertz CT molecular complexity index is 97.2. The second kappa shape index (κ2) is 4.53. The molecule has 1 aliphatic rings. The molecule has 0 aromatic rings. The predicted molar refractivity (Wildman–Crippen MR) is 48.3 cm³/mol. The lowest BCUT2D eigenvalue weighted by Crippen LogP contribution is -2.02. The summed E-state index contributed by atoms with van der Waals surface area (Å²) in [6.45, 7) is 0.